The van der Waals surface area contributed by atoms with Gasteiger partial charge in [0.2, 0.25) is 0 Å². The minimum Gasteiger partial charge on any atom is -0.477 e. The van der Waals surface area contributed by atoms with Crippen LogP contribution in [0.3, 0.4) is 0 Å². The molecule has 0 unspecified atom stereocenters. The number of carbonyl (C=O) groups is 2. The highest BCUT2D eigenvalue weighted by Crippen LogP contribution is 2.31. The Kier molecular flexibility index (Phi) is 8.48. The molecule has 0 fully saturated rings. The second kappa shape index (κ2) is 9.64. The molecule has 29 heavy (non-hydrogen) atoms. The molecule has 1 N–H and O–H groups in total. The summed E-state index contributed by atoms with van der Waals surface area (Å²) in [5.41, 5.74) is -5.09. The summed E-state index contributed by atoms with van der Waals surface area (Å²) < 4.78 is 53.6. The van der Waals surface area contributed by atoms with Gasteiger partial charge in [0.25, 0.3) is 5.56 Å². The van der Waals surface area contributed by atoms with Crippen molar-refractivity contribution in [1.82, 2.24) is 4.57 Å². The summed E-state index contributed by atoms with van der Waals surface area (Å²) >= 11 is 0. The molecule has 1 aromatic heterocycles. The highest BCUT2D eigenvalue weighted by molar-refractivity contribution is 5.87. The number of nitrogens with zero attached hydrogens (tertiary/aromatic N) is 2. The van der Waals surface area contributed by atoms with E-state index < -0.39 is 46.0 Å². The average Bonchev–Trinajstić information content (AvgIpc) is 2.55. The van der Waals surface area contributed by atoms with E-state index in [1.807, 2.05) is 0 Å². The van der Waals surface area contributed by atoms with Crippen LogP contribution in [0.2, 0.25) is 0 Å². The molecular weight excluding hydrogens is 396 g/mol. The largest absolute Gasteiger partial charge is 0.477 e. The van der Waals surface area contributed by atoms with Gasteiger partial charge in [-0.25, -0.2) is 9.18 Å². The van der Waals surface area contributed by atoms with E-state index in [4.69, 9.17) is 10.4 Å². The summed E-state index contributed by atoms with van der Waals surface area (Å²) in [5, 5.41) is 17.7. The Bertz CT molecular complexity index is 1030. The zero-order valence-electron chi connectivity index (χ0n) is 14.9. The van der Waals surface area contributed by atoms with E-state index in [0.29, 0.717) is 12.1 Å². The van der Waals surface area contributed by atoms with E-state index in [2.05, 4.69) is 0 Å². The first kappa shape index (κ1) is 25.5. The fraction of sp³-hybridized carbons (Fsp3) is 0.263. The summed E-state index contributed by atoms with van der Waals surface area (Å²) in [6.45, 7) is 4.14. The fourth-order valence-electron chi connectivity index (χ4n) is 2.16. The molecule has 0 radical (unpaired) electrons. The molecule has 0 amide bonds. The van der Waals surface area contributed by atoms with Crippen LogP contribution in [0.1, 0.15) is 48.5 Å². The molecule has 0 spiro atoms. The van der Waals surface area contributed by atoms with Crippen molar-refractivity contribution in [3.63, 3.8) is 0 Å². The second-order valence-corrected chi connectivity index (χ2v) is 5.67. The van der Waals surface area contributed by atoms with Gasteiger partial charge in [-0.1, -0.05) is 7.43 Å². The number of carbonyl (C=O) groups excluding carboxylic acids is 1. The van der Waals surface area contributed by atoms with Crippen LogP contribution in [0, 0.1) is 24.1 Å². The van der Waals surface area contributed by atoms with Crippen LogP contribution in [0.5, 0.6) is 0 Å². The second-order valence-electron chi connectivity index (χ2n) is 5.67. The van der Waals surface area contributed by atoms with E-state index in [-0.39, 0.29) is 23.3 Å². The quantitative estimate of drug-likeness (QED) is 0.746. The number of aromatic nitrogens is 1. The van der Waals surface area contributed by atoms with E-state index in [0.717, 1.165) is 19.1 Å². The summed E-state index contributed by atoms with van der Waals surface area (Å²) in [7, 11) is 0. The van der Waals surface area contributed by atoms with Gasteiger partial charge in [0.15, 0.2) is 0 Å². The average molecular weight is 414 g/mol. The minimum absolute atomic E-state index is 0. The Morgan fingerprint density at radius 3 is 2.07 bits per heavy atom. The van der Waals surface area contributed by atoms with Crippen LogP contribution in [-0.4, -0.2) is 21.4 Å². The molecular formula is C19H18F4N2O4. The van der Waals surface area contributed by atoms with Crippen LogP contribution in [0.15, 0.2) is 29.1 Å². The Morgan fingerprint density at radius 2 is 1.66 bits per heavy atom. The maximum atomic E-state index is 14.0. The number of aromatic carboxylic acids is 1. The lowest BCUT2D eigenvalue weighted by molar-refractivity contribution is -0.143. The third-order valence-corrected chi connectivity index (χ3v) is 3.32. The lowest BCUT2D eigenvalue weighted by Gasteiger charge is -2.18. The van der Waals surface area contributed by atoms with Gasteiger partial charge in [-0.15, -0.1) is 0 Å². The van der Waals surface area contributed by atoms with Crippen LogP contribution in [0.4, 0.5) is 17.6 Å². The SMILES string of the molecule is C.CC(C)=O.Cc1c(-n2c(C(F)(F)F)ccc(C(=O)O)c2=O)ccc(C#N)c1F. The van der Waals surface area contributed by atoms with Crippen molar-refractivity contribution in [3.8, 4) is 11.8 Å². The monoisotopic (exact) mass is 414 g/mol. The third-order valence-electron chi connectivity index (χ3n) is 3.32. The van der Waals surface area contributed by atoms with Gasteiger partial charge in [0.1, 0.15) is 28.9 Å². The molecule has 156 valence electrons. The highest BCUT2D eigenvalue weighted by atomic mass is 19.4. The molecule has 0 saturated heterocycles. The number of Topliss-reactive ketones (excluding diaryl/α,β-unsaturated/α-hetero) is 1. The summed E-state index contributed by atoms with van der Waals surface area (Å²) in [5.74, 6) is -2.63. The van der Waals surface area contributed by atoms with Crippen molar-refractivity contribution in [2.75, 3.05) is 0 Å². The topological polar surface area (TPSA) is 100 Å². The standard InChI is InChI=1S/C15H8F4N2O3.C3H6O.CH4/c1-7-10(4-2-8(6-20)12(7)16)21-11(15(17,18)19)5-3-9(13(21)22)14(23)24;1-3(2)4;/h2-5H,1H3,(H,23,24);1-2H3;1H4. The van der Waals surface area contributed by atoms with Crippen molar-refractivity contribution in [2.45, 2.75) is 34.4 Å². The van der Waals surface area contributed by atoms with Gasteiger partial charge >= 0.3 is 12.1 Å². The number of rotatable bonds is 2. The van der Waals surface area contributed by atoms with Gasteiger partial charge in [-0.3, -0.25) is 9.36 Å². The van der Waals surface area contributed by atoms with Gasteiger partial charge in [-0.2, -0.15) is 18.4 Å². The summed E-state index contributed by atoms with van der Waals surface area (Å²) in [6.07, 6.45) is -4.98. The first-order valence-electron chi connectivity index (χ1n) is 7.56. The maximum absolute atomic E-state index is 14.0. The van der Waals surface area contributed by atoms with Crippen molar-refractivity contribution < 1.29 is 32.3 Å². The fourth-order valence-corrected chi connectivity index (χ4v) is 2.16. The van der Waals surface area contributed by atoms with Gasteiger partial charge < -0.3 is 9.90 Å². The van der Waals surface area contributed by atoms with Gasteiger partial charge in [0, 0.05) is 5.56 Å². The molecule has 0 aliphatic rings. The number of ketones is 1. The Hall–Kier alpha value is -3.48. The number of nitriles is 1. The molecule has 6 nitrogen and oxygen atoms in total. The molecule has 0 atom stereocenters. The predicted octanol–water partition coefficient (Wildman–Crippen LogP) is 4.11. The smallest absolute Gasteiger partial charge is 0.431 e. The third kappa shape index (κ3) is 5.75. The highest BCUT2D eigenvalue weighted by Gasteiger charge is 2.36. The molecule has 0 aliphatic heterocycles. The number of pyridine rings is 1. The van der Waals surface area contributed by atoms with Gasteiger partial charge in [0.05, 0.1) is 11.3 Å². The number of carboxylic acid groups (broad SMARTS) is 1. The van der Waals surface area contributed by atoms with Crippen molar-refractivity contribution in [2.24, 2.45) is 0 Å². The van der Waals surface area contributed by atoms with Crippen LogP contribution in [0.25, 0.3) is 5.69 Å². The number of hydrogen-bond acceptors (Lipinski definition) is 4. The van der Waals surface area contributed by atoms with Crippen LogP contribution >= 0.6 is 0 Å². The number of carboxylic acids is 1. The van der Waals surface area contributed by atoms with E-state index in [1.165, 1.54) is 19.9 Å². The van der Waals surface area contributed by atoms with Crippen LogP contribution < -0.4 is 5.56 Å². The van der Waals surface area contributed by atoms with E-state index in [9.17, 15) is 31.9 Å². The zero-order chi connectivity index (χ0) is 21.8. The minimum atomic E-state index is -4.98. The molecule has 2 rings (SSSR count). The van der Waals surface area contributed by atoms with Crippen molar-refractivity contribution in [3.05, 3.63) is 62.8 Å². The van der Waals surface area contributed by atoms with Crippen molar-refractivity contribution >= 4 is 11.8 Å². The number of hydrogen-bond donors (Lipinski definition) is 1. The maximum Gasteiger partial charge on any atom is 0.431 e. The molecule has 0 bridgehead atoms. The normalized spacial score (nSPS) is 10.1. The Labute approximate surface area is 163 Å². The Balaban J connectivity index is 0.00000143. The predicted molar refractivity (Wildman–Crippen MR) is 96.5 cm³/mol. The van der Waals surface area contributed by atoms with Crippen LogP contribution in [-0.2, 0) is 11.0 Å². The molecule has 2 aromatic rings. The van der Waals surface area contributed by atoms with E-state index in [1.54, 1.807) is 0 Å². The molecule has 1 aromatic carbocycles. The molecule has 0 aliphatic carbocycles. The molecule has 1 heterocycles. The first-order chi connectivity index (χ1) is 12.8. The number of halogens is 4. The summed E-state index contributed by atoms with van der Waals surface area (Å²) in [4.78, 5) is 32.6. The molecule has 10 heteroatoms. The zero-order valence-corrected chi connectivity index (χ0v) is 14.9. The number of alkyl halides is 3. The molecule has 0 saturated carbocycles. The first-order valence-corrected chi connectivity index (χ1v) is 7.56. The van der Waals surface area contributed by atoms with Gasteiger partial charge in [-0.05, 0) is 45.0 Å². The van der Waals surface area contributed by atoms with Crippen molar-refractivity contribution in [1.29, 1.82) is 5.26 Å². The van der Waals surface area contributed by atoms with E-state index >= 15 is 0 Å². The summed E-state index contributed by atoms with van der Waals surface area (Å²) in [6, 6.07) is 4.37. The lowest BCUT2D eigenvalue weighted by atomic mass is 10.1. The lowest BCUT2D eigenvalue weighted by Crippen LogP contribution is -2.31. The Morgan fingerprint density at radius 1 is 1.14 bits per heavy atom. The number of benzene rings is 1.